The van der Waals surface area contributed by atoms with Crippen LogP contribution in [0.25, 0.3) is 0 Å². The summed E-state index contributed by atoms with van der Waals surface area (Å²) in [6.45, 7) is 14.2. The fraction of sp³-hybridized carbons (Fsp3) is 0.727. The highest BCUT2D eigenvalue weighted by molar-refractivity contribution is 7.98. The normalized spacial score (nSPS) is 13.7. The van der Waals surface area contributed by atoms with Gasteiger partial charge in [0, 0.05) is 12.6 Å². The second kappa shape index (κ2) is 19.8. The largest absolute Gasteiger partial charge is 0.444 e. The van der Waals surface area contributed by atoms with E-state index in [2.05, 4.69) is 31.4 Å². The van der Waals surface area contributed by atoms with Gasteiger partial charge in [0.05, 0.1) is 0 Å². The highest BCUT2D eigenvalue weighted by Gasteiger charge is 2.36. The lowest BCUT2D eigenvalue weighted by molar-refractivity contribution is -0.143. The van der Waals surface area contributed by atoms with Gasteiger partial charge in [-0.1, -0.05) is 83.6 Å². The summed E-state index contributed by atoms with van der Waals surface area (Å²) in [6.07, 6.45) is 10.9. The van der Waals surface area contributed by atoms with Crippen LogP contribution in [0.15, 0.2) is 24.3 Å². The molecule has 8 heteroatoms. The number of nitrogens with one attached hydrogen (secondary N) is 2. The van der Waals surface area contributed by atoms with Gasteiger partial charge in [0.2, 0.25) is 11.8 Å². The first kappa shape index (κ1) is 36.8. The number of carbonyl (C=O) groups is 3. The number of ether oxygens (including phenoxy) is 1. The third kappa shape index (κ3) is 14.5. The molecule has 0 aromatic heterocycles. The van der Waals surface area contributed by atoms with E-state index in [-0.39, 0.29) is 17.9 Å². The second-order valence-electron chi connectivity index (χ2n) is 12.0. The number of benzene rings is 1. The van der Waals surface area contributed by atoms with Gasteiger partial charge in [-0.2, -0.15) is 11.8 Å². The number of thioether (sulfide) groups is 1. The molecule has 0 aliphatic rings. The van der Waals surface area contributed by atoms with E-state index >= 15 is 0 Å². The van der Waals surface area contributed by atoms with Crippen LogP contribution in [0.2, 0.25) is 0 Å². The summed E-state index contributed by atoms with van der Waals surface area (Å²) in [5.41, 5.74) is 1.27. The molecule has 1 rings (SSSR count). The number of alkyl carbamates (subject to hydrolysis) is 1. The van der Waals surface area contributed by atoms with E-state index in [0.29, 0.717) is 18.7 Å². The Hall–Kier alpha value is -2.22. The van der Waals surface area contributed by atoms with Crippen LogP contribution in [0.1, 0.15) is 123 Å². The van der Waals surface area contributed by atoms with Gasteiger partial charge in [-0.3, -0.25) is 9.59 Å². The van der Waals surface area contributed by atoms with Crippen molar-refractivity contribution in [3.63, 3.8) is 0 Å². The molecule has 234 valence electrons. The van der Waals surface area contributed by atoms with E-state index in [9.17, 15) is 14.4 Å². The zero-order chi connectivity index (χ0) is 30.8. The Labute approximate surface area is 254 Å². The standard InChI is InChI=1S/C33H57N3O4S/c1-9-12-13-14-15-16-23-36(31(38)28(22-24-41-8)35-32(39)40-33(5,6)7)29(30(37)34-25(4)17-10-2)27-20-18-26(11-3)19-21-27/h18-21,25,28-29H,9-17,22-24H2,1-8H3,(H,34,37)(H,35,39). The topological polar surface area (TPSA) is 87.7 Å². The van der Waals surface area contributed by atoms with Crippen molar-refractivity contribution < 1.29 is 19.1 Å². The molecular formula is C33H57N3O4S. The van der Waals surface area contributed by atoms with E-state index in [4.69, 9.17) is 4.74 Å². The molecule has 1 aromatic carbocycles. The number of aryl methyl sites for hydroxylation is 1. The van der Waals surface area contributed by atoms with Crippen molar-refractivity contribution >= 4 is 29.7 Å². The molecule has 0 fully saturated rings. The molecule has 3 atom stereocenters. The molecular weight excluding hydrogens is 534 g/mol. The molecule has 0 bridgehead atoms. The number of unbranched alkanes of at least 4 members (excludes halogenated alkanes) is 5. The predicted molar refractivity (Wildman–Crippen MR) is 172 cm³/mol. The van der Waals surface area contributed by atoms with Crippen molar-refractivity contribution in [2.75, 3.05) is 18.6 Å². The molecule has 0 aliphatic heterocycles. The van der Waals surface area contributed by atoms with E-state index in [1.54, 1.807) is 37.4 Å². The third-order valence-electron chi connectivity index (χ3n) is 7.01. The van der Waals surface area contributed by atoms with E-state index in [1.807, 2.05) is 37.4 Å². The number of hydrogen-bond donors (Lipinski definition) is 2. The average molecular weight is 592 g/mol. The molecule has 0 radical (unpaired) electrons. The lowest BCUT2D eigenvalue weighted by Crippen LogP contribution is -2.54. The van der Waals surface area contributed by atoms with Crippen molar-refractivity contribution in [3.05, 3.63) is 35.4 Å². The zero-order valence-electron chi connectivity index (χ0n) is 27.0. The van der Waals surface area contributed by atoms with Crippen LogP contribution in [0, 0.1) is 0 Å². The van der Waals surface area contributed by atoms with E-state index in [1.165, 1.54) is 18.4 Å². The molecule has 2 N–H and O–H groups in total. The Morgan fingerprint density at radius 2 is 1.54 bits per heavy atom. The SMILES string of the molecule is CCCCCCCCN(C(=O)C(CCSC)NC(=O)OC(C)(C)C)C(C(=O)NC(C)CCC)c1ccc(CC)cc1. The Morgan fingerprint density at radius 1 is 0.902 bits per heavy atom. The number of amides is 3. The van der Waals surface area contributed by atoms with Gasteiger partial charge in [0.15, 0.2) is 0 Å². The first-order valence-electron chi connectivity index (χ1n) is 15.6. The molecule has 7 nitrogen and oxygen atoms in total. The molecule has 0 spiro atoms. The Bertz CT molecular complexity index is 901. The minimum Gasteiger partial charge on any atom is -0.444 e. The third-order valence-corrected chi connectivity index (χ3v) is 7.65. The summed E-state index contributed by atoms with van der Waals surface area (Å²) in [5.74, 6) is 0.254. The smallest absolute Gasteiger partial charge is 0.408 e. The molecule has 0 saturated heterocycles. The van der Waals surface area contributed by atoms with Gasteiger partial charge in [0.25, 0.3) is 0 Å². The highest BCUT2D eigenvalue weighted by Crippen LogP contribution is 2.26. The summed E-state index contributed by atoms with van der Waals surface area (Å²) < 4.78 is 5.50. The first-order chi connectivity index (χ1) is 19.5. The zero-order valence-corrected chi connectivity index (χ0v) is 27.8. The van der Waals surface area contributed by atoms with Gasteiger partial charge in [-0.05, 0) is 76.5 Å². The lowest BCUT2D eigenvalue weighted by Gasteiger charge is -2.35. The van der Waals surface area contributed by atoms with Gasteiger partial charge in [0.1, 0.15) is 17.7 Å². The van der Waals surface area contributed by atoms with Crippen molar-refractivity contribution in [1.82, 2.24) is 15.5 Å². The maximum Gasteiger partial charge on any atom is 0.408 e. The summed E-state index contributed by atoms with van der Waals surface area (Å²) in [6, 6.07) is 6.39. The van der Waals surface area contributed by atoms with Crippen LogP contribution in [-0.4, -0.2) is 59.0 Å². The lowest BCUT2D eigenvalue weighted by atomic mass is 9.99. The van der Waals surface area contributed by atoms with Crippen molar-refractivity contribution in [1.29, 1.82) is 0 Å². The van der Waals surface area contributed by atoms with E-state index in [0.717, 1.165) is 50.5 Å². The molecule has 0 aliphatic carbocycles. The van der Waals surface area contributed by atoms with Crippen molar-refractivity contribution in [3.8, 4) is 0 Å². The van der Waals surface area contributed by atoms with Gasteiger partial charge < -0.3 is 20.3 Å². The first-order valence-corrected chi connectivity index (χ1v) is 17.0. The van der Waals surface area contributed by atoms with Gasteiger partial charge in [-0.25, -0.2) is 4.79 Å². The molecule has 3 amide bonds. The fourth-order valence-corrected chi connectivity index (χ4v) is 5.28. The monoisotopic (exact) mass is 591 g/mol. The molecule has 3 unspecified atom stereocenters. The van der Waals surface area contributed by atoms with Crippen LogP contribution in [0.3, 0.4) is 0 Å². The number of hydrogen-bond acceptors (Lipinski definition) is 5. The summed E-state index contributed by atoms with van der Waals surface area (Å²) in [5, 5.41) is 6.00. The quantitative estimate of drug-likeness (QED) is 0.163. The van der Waals surface area contributed by atoms with Gasteiger partial charge >= 0.3 is 6.09 Å². The molecule has 0 saturated carbocycles. The van der Waals surface area contributed by atoms with Crippen molar-refractivity contribution in [2.24, 2.45) is 0 Å². The minimum absolute atomic E-state index is 0.0110. The maximum atomic E-state index is 14.3. The van der Waals surface area contributed by atoms with Crippen LogP contribution < -0.4 is 10.6 Å². The van der Waals surface area contributed by atoms with Crippen LogP contribution in [-0.2, 0) is 20.7 Å². The minimum atomic E-state index is -0.796. The molecule has 1 aromatic rings. The highest BCUT2D eigenvalue weighted by atomic mass is 32.2. The Balaban J connectivity index is 3.46. The van der Waals surface area contributed by atoms with Crippen LogP contribution >= 0.6 is 11.8 Å². The number of carbonyl (C=O) groups excluding carboxylic acids is 3. The van der Waals surface area contributed by atoms with Crippen molar-refractivity contribution in [2.45, 2.75) is 136 Å². The number of nitrogens with zero attached hydrogens (tertiary/aromatic N) is 1. The summed E-state index contributed by atoms with van der Waals surface area (Å²) in [7, 11) is 0. The van der Waals surface area contributed by atoms with Gasteiger partial charge in [-0.15, -0.1) is 0 Å². The fourth-order valence-electron chi connectivity index (χ4n) is 4.81. The maximum absolute atomic E-state index is 14.3. The van der Waals surface area contributed by atoms with Crippen LogP contribution in [0.4, 0.5) is 4.79 Å². The molecule has 41 heavy (non-hydrogen) atoms. The number of rotatable bonds is 19. The summed E-state index contributed by atoms with van der Waals surface area (Å²) >= 11 is 1.62. The Morgan fingerprint density at radius 3 is 2.10 bits per heavy atom. The molecule has 0 heterocycles. The van der Waals surface area contributed by atoms with Crippen LogP contribution in [0.5, 0.6) is 0 Å². The average Bonchev–Trinajstić information content (AvgIpc) is 2.91. The van der Waals surface area contributed by atoms with E-state index < -0.39 is 23.8 Å². The summed E-state index contributed by atoms with van der Waals surface area (Å²) in [4.78, 5) is 42.8. The Kier molecular flexibility index (Phi) is 17.8. The second-order valence-corrected chi connectivity index (χ2v) is 13.0. The predicted octanol–water partition coefficient (Wildman–Crippen LogP) is 7.43.